The molecule has 0 fully saturated rings. The van der Waals surface area contributed by atoms with Crippen LogP contribution >= 0.6 is 0 Å². The predicted molar refractivity (Wildman–Crippen MR) is 77.9 cm³/mol. The highest BCUT2D eigenvalue weighted by Crippen LogP contribution is 2.09. The maximum absolute atomic E-state index is 11.1. The molecule has 1 N–H and O–H groups in total. The summed E-state index contributed by atoms with van der Waals surface area (Å²) in [5.74, 6) is 0.210. The third kappa shape index (κ3) is 6.73. The zero-order valence-electron chi connectivity index (χ0n) is 12.5. The molecule has 110 valence electrons. The first kappa shape index (κ1) is 16.2. The Morgan fingerprint density at radius 2 is 2.00 bits per heavy atom. The van der Waals surface area contributed by atoms with Gasteiger partial charge in [-0.25, -0.2) is 8.42 Å². The van der Waals surface area contributed by atoms with Gasteiger partial charge >= 0.3 is 0 Å². The quantitative estimate of drug-likeness (QED) is 0.861. The number of rotatable bonds is 6. The van der Waals surface area contributed by atoms with Crippen molar-refractivity contribution in [3.63, 3.8) is 0 Å². The van der Waals surface area contributed by atoms with Gasteiger partial charge in [0.05, 0.1) is 11.4 Å². The maximum Gasteiger partial charge on any atom is 0.147 e. The largest absolute Gasteiger partial charge is 0.308 e. The standard InChI is InChI=1S/C13H25N3O2S/c1-11-12(9-14-13(2,3)4)10-16(15-11)7-6-8-19(5,17)18/h10,14H,6-9H2,1-5H3. The number of sulfone groups is 1. The van der Waals surface area contributed by atoms with Gasteiger partial charge in [-0.2, -0.15) is 5.10 Å². The predicted octanol–water partition coefficient (Wildman–Crippen LogP) is 1.51. The van der Waals surface area contributed by atoms with Gasteiger partial charge in [0.1, 0.15) is 9.84 Å². The van der Waals surface area contributed by atoms with Crippen LogP contribution in [0.4, 0.5) is 0 Å². The zero-order valence-corrected chi connectivity index (χ0v) is 13.3. The molecule has 1 aromatic heterocycles. The molecule has 1 heterocycles. The molecule has 0 amide bonds. The second-order valence-corrected chi connectivity index (χ2v) is 8.35. The highest BCUT2D eigenvalue weighted by molar-refractivity contribution is 7.90. The van der Waals surface area contributed by atoms with Crippen LogP contribution in [0.25, 0.3) is 0 Å². The second kappa shape index (κ2) is 6.05. The highest BCUT2D eigenvalue weighted by atomic mass is 32.2. The molecule has 0 radical (unpaired) electrons. The average molecular weight is 287 g/mol. The lowest BCUT2D eigenvalue weighted by molar-refractivity contribution is 0.423. The summed E-state index contributed by atoms with van der Waals surface area (Å²) in [6.07, 6.45) is 3.86. The second-order valence-electron chi connectivity index (χ2n) is 6.09. The van der Waals surface area contributed by atoms with E-state index in [1.165, 1.54) is 6.26 Å². The molecule has 0 spiro atoms. The Hall–Kier alpha value is -0.880. The van der Waals surface area contributed by atoms with E-state index in [0.717, 1.165) is 17.8 Å². The number of hydrogen-bond donors (Lipinski definition) is 1. The summed E-state index contributed by atoms with van der Waals surface area (Å²) in [6, 6.07) is 0. The molecule has 0 bridgehead atoms. The van der Waals surface area contributed by atoms with E-state index < -0.39 is 9.84 Å². The monoisotopic (exact) mass is 287 g/mol. The van der Waals surface area contributed by atoms with E-state index in [2.05, 4.69) is 31.2 Å². The van der Waals surface area contributed by atoms with Crippen molar-refractivity contribution in [2.75, 3.05) is 12.0 Å². The zero-order chi connectivity index (χ0) is 14.7. The summed E-state index contributed by atoms with van der Waals surface area (Å²) >= 11 is 0. The summed E-state index contributed by atoms with van der Waals surface area (Å²) in [5.41, 5.74) is 2.23. The van der Waals surface area contributed by atoms with Gasteiger partial charge in [0.25, 0.3) is 0 Å². The van der Waals surface area contributed by atoms with Gasteiger partial charge in [0.2, 0.25) is 0 Å². The molecule has 1 aromatic rings. The van der Waals surface area contributed by atoms with E-state index in [1.54, 1.807) is 0 Å². The third-order valence-electron chi connectivity index (χ3n) is 2.76. The Morgan fingerprint density at radius 1 is 1.37 bits per heavy atom. The van der Waals surface area contributed by atoms with Gasteiger partial charge in [0.15, 0.2) is 0 Å². The lowest BCUT2D eigenvalue weighted by Gasteiger charge is -2.20. The first-order valence-electron chi connectivity index (χ1n) is 6.52. The molecule has 0 aliphatic carbocycles. The molecule has 0 unspecified atom stereocenters. The minimum Gasteiger partial charge on any atom is -0.308 e. The fraction of sp³-hybridized carbons (Fsp3) is 0.769. The van der Waals surface area contributed by atoms with E-state index in [4.69, 9.17) is 0 Å². The molecule has 0 saturated carbocycles. The summed E-state index contributed by atoms with van der Waals surface area (Å²) in [6.45, 7) is 9.77. The number of aromatic nitrogens is 2. The van der Waals surface area contributed by atoms with Crippen LogP contribution in [0.15, 0.2) is 6.20 Å². The highest BCUT2D eigenvalue weighted by Gasteiger charge is 2.11. The van der Waals surface area contributed by atoms with Crippen molar-refractivity contribution in [3.8, 4) is 0 Å². The lowest BCUT2D eigenvalue weighted by atomic mass is 10.1. The Kier molecular flexibility index (Phi) is 5.15. The van der Waals surface area contributed by atoms with Crippen LogP contribution in [0.1, 0.15) is 38.4 Å². The van der Waals surface area contributed by atoms with Gasteiger partial charge in [-0.15, -0.1) is 0 Å². The van der Waals surface area contributed by atoms with E-state index >= 15 is 0 Å². The Bertz CT molecular complexity index is 512. The Morgan fingerprint density at radius 3 is 2.53 bits per heavy atom. The fourth-order valence-corrected chi connectivity index (χ4v) is 2.35. The fourth-order valence-electron chi connectivity index (χ4n) is 1.70. The van der Waals surface area contributed by atoms with Crippen molar-refractivity contribution < 1.29 is 8.42 Å². The minimum atomic E-state index is -2.88. The number of aryl methyl sites for hydroxylation is 2. The molecule has 0 atom stereocenters. The number of nitrogens with zero attached hydrogens (tertiary/aromatic N) is 2. The van der Waals surface area contributed by atoms with Crippen LogP contribution in [-0.4, -0.2) is 35.7 Å². The normalized spacial score (nSPS) is 12.9. The molecular weight excluding hydrogens is 262 g/mol. The van der Waals surface area contributed by atoms with Crippen LogP contribution in [0.5, 0.6) is 0 Å². The lowest BCUT2D eigenvalue weighted by Crippen LogP contribution is -2.35. The van der Waals surface area contributed by atoms with Crippen molar-refractivity contribution in [2.45, 2.75) is 52.7 Å². The van der Waals surface area contributed by atoms with E-state index in [0.29, 0.717) is 13.0 Å². The van der Waals surface area contributed by atoms with Crippen LogP contribution in [0.2, 0.25) is 0 Å². The van der Waals surface area contributed by atoms with Crippen molar-refractivity contribution in [3.05, 3.63) is 17.5 Å². The Balaban J connectivity index is 2.54. The molecule has 19 heavy (non-hydrogen) atoms. The van der Waals surface area contributed by atoms with E-state index in [1.807, 2.05) is 17.8 Å². The first-order valence-corrected chi connectivity index (χ1v) is 8.58. The molecule has 0 aliphatic rings. The summed E-state index contributed by atoms with van der Waals surface area (Å²) in [4.78, 5) is 0. The topological polar surface area (TPSA) is 64.0 Å². The van der Waals surface area contributed by atoms with Crippen LogP contribution in [0.3, 0.4) is 0 Å². The number of nitrogens with one attached hydrogen (secondary N) is 1. The van der Waals surface area contributed by atoms with Crippen molar-refractivity contribution in [1.82, 2.24) is 15.1 Å². The average Bonchev–Trinajstić information content (AvgIpc) is 2.53. The van der Waals surface area contributed by atoms with Gasteiger partial charge in [-0.1, -0.05) is 0 Å². The minimum absolute atomic E-state index is 0.0742. The smallest absolute Gasteiger partial charge is 0.147 e. The molecule has 6 heteroatoms. The molecule has 5 nitrogen and oxygen atoms in total. The van der Waals surface area contributed by atoms with Gasteiger partial charge < -0.3 is 5.32 Å². The van der Waals surface area contributed by atoms with Crippen LogP contribution in [-0.2, 0) is 22.9 Å². The summed E-state index contributed by atoms with van der Waals surface area (Å²) in [7, 11) is -2.88. The van der Waals surface area contributed by atoms with Crippen LogP contribution < -0.4 is 5.32 Å². The molecular formula is C13H25N3O2S. The third-order valence-corrected chi connectivity index (χ3v) is 3.79. The molecule has 1 rings (SSSR count). The Labute approximate surface area is 116 Å². The summed E-state index contributed by atoms with van der Waals surface area (Å²) in [5, 5.41) is 7.84. The van der Waals surface area contributed by atoms with Gasteiger partial charge in [-0.3, -0.25) is 4.68 Å². The van der Waals surface area contributed by atoms with Gasteiger partial charge in [0, 0.05) is 36.6 Å². The number of hydrogen-bond acceptors (Lipinski definition) is 4. The SMILES string of the molecule is Cc1nn(CCCS(C)(=O)=O)cc1CNC(C)(C)C. The molecule has 0 saturated heterocycles. The van der Waals surface area contributed by atoms with Crippen molar-refractivity contribution in [1.29, 1.82) is 0 Å². The molecule has 0 aromatic carbocycles. The van der Waals surface area contributed by atoms with E-state index in [-0.39, 0.29) is 11.3 Å². The summed E-state index contributed by atoms with van der Waals surface area (Å²) < 4.78 is 24.0. The van der Waals surface area contributed by atoms with E-state index in [9.17, 15) is 8.42 Å². The van der Waals surface area contributed by atoms with Crippen LogP contribution in [0, 0.1) is 6.92 Å². The van der Waals surface area contributed by atoms with Crippen molar-refractivity contribution in [2.24, 2.45) is 0 Å². The maximum atomic E-state index is 11.1. The van der Waals surface area contributed by atoms with Gasteiger partial charge in [-0.05, 0) is 34.1 Å². The van der Waals surface area contributed by atoms with Crippen molar-refractivity contribution >= 4 is 9.84 Å². The molecule has 0 aliphatic heterocycles. The first-order chi connectivity index (χ1) is 8.57.